The lowest BCUT2D eigenvalue weighted by molar-refractivity contribution is 0.112. The second-order valence-corrected chi connectivity index (χ2v) is 3.82. The molecule has 0 fully saturated rings. The molecule has 0 heterocycles. The molecular weight excluding hydrogens is 222 g/mol. The van der Waals surface area contributed by atoms with Gasteiger partial charge in [0.2, 0.25) is 0 Å². The number of benzene rings is 2. The van der Waals surface area contributed by atoms with Crippen LogP contribution in [0.3, 0.4) is 0 Å². The van der Waals surface area contributed by atoms with Crippen LogP contribution in [0.15, 0.2) is 36.4 Å². The third kappa shape index (κ3) is 2.23. The smallest absolute Gasteiger partial charge is 0.153 e. The van der Waals surface area contributed by atoms with E-state index in [1.54, 1.807) is 19.1 Å². The number of carbonyl (C=O) groups excluding carboxylic acids is 1. The van der Waals surface area contributed by atoms with Gasteiger partial charge in [0.15, 0.2) is 6.29 Å². The SMILES string of the molecule is Cc1ccc(-c2ccc(F)c(C=O)c2)cc1F. The quantitative estimate of drug-likeness (QED) is 0.720. The molecule has 86 valence electrons. The summed E-state index contributed by atoms with van der Waals surface area (Å²) in [4.78, 5) is 10.6. The summed E-state index contributed by atoms with van der Waals surface area (Å²) < 4.78 is 26.5. The molecule has 0 spiro atoms. The molecule has 0 saturated carbocycles. The second kappa shape index (κ2) is 4.45. The van der Waals surface area contributed by atoms with Crippen molar-refractivity contribution in [2.24, 2.45) is 0 Å². The lowest BCUT2D eigenvalue weighted by Crippen LogP contribution is -1.90. The van der Waals surface area contributed by atoms with Crippen LogP contribution in [0.5, 0.6) is 0 Å². The number of halogens is 2. The Balaban J connectivity index is 2.52. The van der Waals surface area contributed by atoms with Gasteiger partial charge in [-0.3, -0.25) is 4.79 Å². The zero-order chi connectivity index (χ0) is 12.4. The molecule has 3 heteroatoms. The molecule has 0 radical (unpaired) electrons. The van der Waals surface area contributed by atoms with Crippen molar-refractivity contribution in [1.82, 2.24) is 0 Å². The Labute approximate surface area is 97.7 Å². The Bertz CT molecular complexity index is 576. The summed E-state index contributed by atoms with van der Waals surface area (Å²) in [5.41, 5.74) is 1.76. The largest absolute Gasteiger partial charge is 0.298 e. The van der Waals surface area contributed by atoms with E-state index in [2.05, 4.69) is 0 Å². The van der Waals surface area contributed by atoms with E-state index in [-0.39, 0.29) is 11.4 Å². The van der Waals surface area contributed by atoms with Gasteiger partial charge in [-0.05, 0) is 41.8 Å². The molecule has 0 unspecified atom stereocenters. The third-order valence-electron chi connectivity index (χ3n) is 2.63. The number of rotatable bonds is 2. The first-order chi connectivity index (χ1) is 8.11. The van der Waals surface area contributed by atoms with Crippen molar-refractivity contribution in [3.63, 3.8) is 0 Å². The lowest BCUT2D eigenvalue weighted by Gasteiger charge is -2.05. The number of aldehydes is 1. The van der Waals surface area contributed by atoms with Gasteiger partial charge in [0.1, 0.15) is 11.6 Å². The van der Waals surface area contributed by atoms with Crippen molar-refractivity contribution in [2.75, 3.05) is 0 Å². The summed E-state index contributed by atoms with van der Waals surface area (Å²) in [7, 11) is 0. The molecule has 0 aliphatic rings. The normalized spacial score (nSPS) is 10.3. The highest BCUT2D eigenvalue weighted by Crippen LogP contribution is 2.23. The first-order valence-electron chi connectivity index (χ1n) is 5.13. The van der Waals surface area contributed by atoms with E-state index in [9.17, 15) is 13.6 Å². The molecule has 0 aliphatic carbocycles. The maximum absolute atomic E-state index is 13.4. The molecule has 0 aromatic heterocycles. The number of aryl methyl sites for hydroxylation is 1. The fraction of sp³-hybridized carbons (Fsp3) is 0.0714. The number of carbonyl (C=O) groups is 1. The standard InChI is InChI=1S/C14H10F2O/c1-9-2-3-11(7-14(9)16)10-4-5-13(15)12(6-10)8-17/h2-8H,1H3. The van der Waals surface area contributed by atoms with E-state index in [4.69, 9.17) is 0 Å². The van der Waals surface area contributed by atoms with Gasteiger partial charge < -0.3 is 0 Å². The third-order valence-corrected chi connectivity index (χ3v) is 2.63. The predicted molar refractivity (Wildman–Crippen MR) is 61.9 cm³/mol. The minimum absolute atomic E-state index is 0.0246. The molecule has 0 saturated heterocycles. The van der Waals surface area contributed by atoms with Crippen molar-refractivity contribution in [1.29, 1.82) is 0 Å². The highest BCUT2D eigenvalue weighted by atomic mass is 19.1. The molecule has 0 bridgehead atoms. The average molecular weight is 232 g/mol. The van der Waals surface area contributed by atoms with Crippen LogP contribution >= 0.6 is 0 Å². The van der Waals surface area contributed by atoms with Crippen molar-refractivity contribution in [3.05, 3.63) is 59.2 Å². The molecule has 17 heavy (non-hydrogen) atoms. The molecule has 0 amide bonds. The van der Waals surface area contributed by atoms with Crippen molar-refractivity contribution in [2.45, 2.75) is 6.92 Å². The Kier molecular flexibility index (Phi) is 3.00. The van der Waals surface area contributed by atoms with Gasteiger partial charge >= 0.3 is 0 Å². The van der Waals surface area contributed by atoms with E-state index >= 15 is 0 Å². The van der Waals surface area contributed by atoms with Crippen molar-refractivity contribution in [3.8, 4) is 11.1 Å². The summed E-state index contributed by atoms with van der Waals surface area (Å²) in [5, 5.41) is 0. The zero-order valence-electron chi connectivity index (χ0n) is 9.21. The zero-order valence-corrected chi connectivity index (χ0v) is 9.21. The fourth-order valence-corrected chi connectivity index (χ4v) is 1.59. The van der Waals surface area contributed by atoms with Gasteiger partial charge in [-0.25, -0.2) is 8.78 Å². The van der Waals surface area contributed by atoms with Crippen molar-refractivity contribution < 1.29 is 13.6 Å². The highest BCUT2D eigenvalue weighted by molar-refractivity contribution is 5.79. The van der Waals surface area contributed by atoms with Crippen LogP contribution in [0, 0.1) is 18.6 Å². The minimum atomic E-state index is -0.573. The molecule has 0 aliphatic heterocycles. The molecular formula is C14H10F2O. The highest BCUT2D eigenvalue weighted by Gasteiger charge is 2.06. The van der Waals surface area contributed by atoms with E-state index in [1.807, 2.05) is 0 Å². The van der Waals surface area contributed by atoms with Gasteiger partial charge in [-0.15, -0.1) is 0 Å². The van der Waals surface area contributed by atoms with Gasteiger partial charge in [0.05, 0.1) is 5.56 Å². The molecule has 2 rings (SSSR count). The van der Waals surface area contributed by atoms with E-state index in [1.165, 1.54) is 24.3 Å². The summed E-state index contributed by atoms with van der Waals surface area (Å²) in [6, 6.07) is 8.89. The van der Waals surface area contributed by atoms with Gasteiger partial charge in [-0.1, -0.05) is 18.2 Å². The van der Waals surface area contributed by atoms with Gasteiger partial charge in [0.25, 0.3) is 0 Å². The van der Waals surface area contributed by atoms with Crippen LogP contribution < -0.4 is 0 Å². The van der Waals surface area contributed by atoms with Crippen LogP contribution in [0.2, 0.25) is 0 Å². The van der Waals surface area contributed by atoms with Gasteiger partial charge in [0, 0.05) is 0 Å². The molecule has 1 nitrogen and oxygen atoms in total. The van der Waals surface area contributed by atoms with Gasteiger partial charge in [-0.2, -0.15) is 0 Å². The predicted octanol–water partition coefficient (Wildman–Crippen LogP) is 3.75. The first kappa shape index (κ1) is 11.5. The van der Waals surface area contributed by atoms with Crippen LogP contribution in [-0.4, -0.2) is 6.29 Å². The fourth-order valence-electron chi connectivity index (χ4n) is 1.59. The van der Waals surface area contributed by atoms with Crippen LogP contribution in [0.4, 0.5) is 8.78 Å². The number of hydrogen-bond donors (Lipinski definition) is 0. The van der Waals surface area contributed by atoms with E-state index in [0.717, 1.165) is 0 Å². The Morgan fingerprint density at radius 1 is 0.941 bits per heavy atom. The lowest BCUT2D eigenvalue weighted by atomic mass is 10.0. The first-order valence-corrected chi connectivity index (χ1v) is 5.13. The summed E-state index contributed by atoms with van der Waals surface area (Å²) in [6.07, 6.45) is 0.448. The van der Waals surface area contributed by atoms with E-state index in [0.29, 0.717) is 23.0 Å². The van der Waals surface area contributed by atoms with Crippen LogP contribution in [-0.2, 0) is 0 Å². The molecule has 2 aromatic carbocycles. The van der Waals surface area contributed by atoms with Crippen LogP contribution in [0.1, 0.15) is 15.9 Å². The van der Waals surface area contributed by atoms with E-state index < -0.39 is 5.82 Å². The average Bonchev–Trinajstić information content (AvgIpc) is 2.33. The minimum Gasteiger partial charge on any atom is -0.298 e. The summed E-state index contributed by atoms with van der Waals surface area (Å²) in [5.74, 6) is -0.893. The Morgan fingerprint density at radius 3 is 2.24 bits per heavy atom. The van der Waals surface area contributed by atoms with Crippen LogP contribution in [0.25, 0.3) is 11.1 Å². The molecule has 0 atom stereocenters. The Hall–Kier alpha value is -2.03. The summed E-state index contributed by atoms with van der Waals surface area (Å²) in [6.45, 7) is 1.67. The van der Waals surface area contributed by atoms with Crippen molar-refractivity contribution >= 4 is 6.29 Å². The Morgan fingerprint density at radius 2 is 1.59 bits per heavy atom. The molecule has 0 N–H and O–H groups in total. The molecule has 2 aromatic rings. The number of hydrogen-bond acceptors (Lipinski definition) is 1. The maximum atomic E-state index is 13.4. The second-order valence-electron chi connectivity index (χ2n) is 3.82. The topological polar surface area (TPSA) is 17.1 Å². The summed E-state index contributed by atoms with van der Waals surface area (Å²) >= 11 is 0. The maximum Gasteiger partial charge on any atom is 0.153 e. The monoisotopic (exact) mass is 232 g/mol.